The highest BCUT2D eigenvalue weighted by Crippen LogP contribution is 2.31. The van der Waals surface area contributed by atoms with E-state index in [4.69, 9.17) is 5.11 Å². The van der Waals surface area contributed by atoms with Gasteiger partial charge in [0.2, 0.25) is 5.91 Å². The molecule has 126 valence electrons. The van der Waals surface area contributed by atoms with Gasteiger partial charge in [0.1, 0.15) is 5.65 Å². The lowest BCUT2D eigenvalue weighted by atomic mass is 9.98. The van der Waals surface area contributed by atoms with Crippen molar-refractivity contribution in [3.63, 3.8) is 0 Å². The van der Waals surface area contributed by atoms with E-state index in [0.717, 1.165) is 41.9 Å². The molecule has 0 unspecified atom stereocenters. The summed E-state index contributed by atoms with van der Waals surface area (Å²) >= 11 is 0. The Morgan fingerprint density at radius 1 is 1.20 bits per heavy atom. The number of imidazole rings is 1. The van der Waals surface area contributed by atoms with Gasteiger partial charge in [0.05, 0.1) is 11.3 Å². The minimum absolute atomic E-state index is 0.0580. The number of nitrogens with zero attached hydrogens (tertiary/aromatic N) is 3. The van der Waals surface area contributed by atoms with Crippen LogP contribution >= 0.6 is 0 Å². The lowest BCUT2D eigenvalue weighted by molar-refractivity contribution is -0.116. The molecule has 1 aliphatic rings. The van der Waals surface area contributed by atoms with E-state index in [-0.39, 0.29) is 11.5 Å². The number of pyridine rings is 1. The predicted molar refractivity (Wildman–Crippen MR) is 93.9 cm³/mol. The molecule has 0 aliphatic carbocycles. The minimum atomic E-state index is -0.967. The molecule has 2 aromatic heterocycles. The van der Waals surface area contributed by atoms with E-state index in [1.807, 2.05) is 27.6 Å². The molecule has 6 heteroatoms. The number of anilines is 1. The molecule has 3 heterocycles. The summed E-state index contributed by atoms with van der Waals surface area (Å²) in [4.78, 5) is 29.2. The van der Waals surface area contributed by atoms with Crippen molar-refractivity contribution < 1.29 is 14.7 Å². The molecular formula is C19H17N3O3. The highest BCUT2D eigenvalue weighted by molar-refractivity contribution is 5.93. The molecule has 1 aromatic carbocycles. The zero-order valence-electron chi connectivity index (χ0n) is 13.8. The first-order valence-corrected chi connectivity index (χ1v) is 8.16. The summed E-state index contributed by atoms with van der Waals surface area (Å²) < 4.78 is 1.81. The first-order valence-electron chi connectivity index (χ1n) is 8.16. The second kappa shape index (κ2) is 5.73. The van der Waals surface area contributed by atoms with Crippen LogP contribution in [0.2, 0.25) is 0 Å². The van der Waals surface area contributed by atoms with Crippen molar-refractivity contribution in [1.29, 1.82) is 0 Å². The molecule has 0 saturated heterocycles. The summed E-state index contributed by atoms with van der Waals surface area (Å²) in [7, 11) is 0. The number of carbonyl (C=O) groups excluding carboxylic acids is 1. The summed E-state index contributed by atoms with van der Waals surface area (Å²) in [5, 5.41) is 9.10. The van der Waals surface area contributed by atoms with Crippen molar-refractivity contribution in [2.24, 2.45) is 0 Å². The fourth-order valence-corrected chi connectivity index (χ4v) is 3.34. The quantitative estimate of drug-likeness (QED) is 0.781. The van der Waals surface area contributed by atoms with E-state index in [1.54, 1.807) is 25.3 Å². The average Bonchev–Trinajstić information content (AvgIpc) is 3.03. The van der Waals surface area contributed by atoms with Crippen LogP contribution in [0.4, 0.5) is 5.69 Å². The molecule has 0 spiro atoms. The van der Waals surface area contributed by atoms with E-state index >= 15 is 0 Å². The molecule has 1 amide bonds. The zero-order chi connectivity index (χ0) is 17.6. The molecule has 0 atom stereocenters. The third-order valence-electron chi connectivity index (χ3n) is 4.58. The van der Waals surface area contributed by atoms with Crippen molar-refractivity contribution >= 4 is 23.2 Å². The van der Waals surface area contributed by atoms with Gasteiger partial charge >= 0.3 is 5.97 Å². The van der Waals surface area contributed by atoms with E-state index in [1.165, 1.54) is 0 Å². The van der Waals surface area contributed by atoms with Gasteiger partial charge in [0.15, 0.2) is 0 Å². The average molecular weight is 335 g/mol. The Hall–Kier alpha value is -3.15. The van der Waals surface area contributed by atoms with Crippen LogP contribution in [-0.2, 0) is 11.2 Å². The number of aryl methyl sites for hydroxylation is 1. The van der Waals surface area contributed by atoms with E-state index in [0.29, 0.717) is 5.65 Å². The predicted octanol–water partition coefficient (Wildman–Crippen LogP) is 3.00. The molecule has 1 aliphatic heterocycles. The third-order valence-corrected chi connectivity index (χ3v) is 4.58. The van der Waals surface area contributed by atoms with Gasteiger partial charge < -0.3 is 14.4 Å². The lowest BCUT2D eigenvalue weighted by Gasteiger charge is -2.28. The van der Waals surface area contributed by atoms with Gasteiger partial charge in [-0.1, -0.05) is 6.07 Å². The largest absolute Gasteiger partial charge is 0.478 e. The topological polar surface area (TPSA) is 74.9 Å². The highest BCUT2D eigenvalue weighted by atomic mass is 16.4. The van der Waals surface area contributed by atoms with Crippen LogP contribution in [0, 0.1) is 0 Å². The normalized spacial score (nSPS) is 13.7. The van der Waals surface area contributed by atoms with E-state index in [9.17, 15) is 9.59 Å². The Labute approximate surface area is 144 Å². The van der Waals surface area contributed by atoms with Gasteiger partial charge in [-0.05, 0) is 42.7 Å². The fourth-order valence-electron chi connectivity index (χ4n) is 3.34. The summed E-state index contributed by atoms with van der Waals surface area (Å²) in [5.74, 6) is -0.909. The van der Waals surface area contributed by atoms with Crippen LogP contribution in [0.3, 0.4) is 0 Å². The Balaban J connectivity index is 1.76. The minimum Gasteiger partial charge on any atom is -0.478 e. The number of carboxylic acids is 1. The number of hydrogen-bond acceptors (Lipinski definition) is 3. The third kappa shape index (κ3) is 2.65. The summed E-state index contributed by atoms with van der Waals surface area (Å²) in [5.41, 5.74) is 4.67. The van der Waals surface area contributed by atoms with Gasteiger partial charge in [0.25, 0.3) is 0 Å². The summed E-state index contributed by atoms with van der Waals surface area (Å²) in [6.45, 7) is 2.35. The van der Waals surface area contributed by atoms with Gasteiger partial charge in [0, 0.05) is 37.1 Å². The number of aromatic nitrogens is 2. The van der Waals surface area contributed by atoms with Gasteiger partial charge in [-0.15, -0.1) is 0 Å². The van der Waals surface area contributed by atoms with Crippen molar-refractivity contribution in [2.75, 3.05) is 11.4 Å². The zero-order valence-corrected chi connectivity index (χ0v) is 13.8. The number of hydrogen-bond donors (Lipinski definition) is 1. The van der Waals surface area contributed by atoms with Crippen molar-refractivity contribution in [2.45, 2.75) is 19.8 Å². The number of fused-ring (bicyclic) bond motifs is 2. The Bertz CT molecular complexity index is 1010. The number of aromatic carboxylic acids is 1. The van der Waals surface area contributed by atoms with Crippen LogP contribution < -0.4 is 4.90 Å². The van der Waals surface area contributed by atoms with Crippen molar-refractivity contribution in [1.82, 2.24) is 9.38 Å². The highest BCUT2D eigenvalue weighted by Gasteiger charge is 2.20. The number of rotatable bonds is 2. The number of benzene rings is 1. The summed E-state index contributed by atoms with van der Waals surface area (Å²) in [6.07, 6.45) is 5.46. The Morgan fingerprint density at radius 3 is 2.80 bits per heavy atom. The molecule has 3 aromatic rings. The summed E-state index contributed by atoms with van der Waals surface area (Å²) in [6, 6.07) is 9.11. The standard InChI is InChI=1S/C19H17N3O3/c1-12(23)22-7-2-3-14-9-13(4-5-17(14)22)16-11-21-8-6-15(19(24)25)10-18(21)20-16/h4-6,8-11H,2-3,7H2,1H3,(H,24,25). The van der Waals surface area contributed by atoms with Gasteiger partial charge in [-0.3, -0.25) is 4.79 Å². The molecule has 0 radical (unpaired) electrons. The Morgan fingerprint density at radius 2 is 2.04 bits per heavy atom. The SMILES string of the molecule is CC(=O)N1CCCc2cc(-c3cn4ccc(C(=O)O)cc4n3)ccc21. The Kier molecular flexibility index (Phi) is 3.53. The second-order valence-electron chi connectivity index (χ2n) is 6.23. The maximum Gasteiger partial charge on any atom is 0.335 e. The van der Waals surface area contributed by atoms with Crippen LogP contribution in [0.1, 0.15) is 29.3 Å². The van der Waals surface area contributed by atoms with Crippen LogP contribution in [0.25, 0.3) is 16.9 Å². The molecule has 0 fully saturated rings. The first-order chi connectivity index (χ1) is 12.0. The van der Waals surface area contributed by atoms with E-state index < -0.39 is 5.97 Å². The number of carboxylic acid groups (broad SMARTS) is 1. The number of carbonyl (C=O) groups is 2. The molecule has 0 bridgehead atoms. The van der Waals surface area contributed by atoms with Crippen LogP contribution in [0.15, 0.2) is 42.7 Å². The monoisotopic (exact) mass is 335 g/mol. The van der Waals surface area contributed by atoms with Crippen molar-refractivity contribution in [3.8, 4) is 11.3 Å². The number of amides is 1. The second-order valence-corrected chi connectivity index (χ2v) is 6.23. The molecular weight excluding hydrogens is 318 g/mol. The van der Waals surface area contributed by atoms with Gasteiger partial charge in [-0.25, -0.2) is 9.78 Å². The van der Waals surface area contributed by atoms with Gasteiger partial charge in [-0.2, -0.15) is 0 Å². The lowest BCUT2D eigenvalue weighted by Crippen LogP contribution is -2.33. The molecule has 1 N–H and O–H groups in total. The van der Waals surface area contributed by atoms with E-state index in [2.05, 4.69) is 11.1 Å². The smallest absolute Gasteiger partial charge is 0.335 e. The molecule has 0 saturated carbocycles. The van der Waals surface area contributed by atoms with Crippen LogP contribution in [0.5, 0.6) is 0 Å². The fraction of sp³-hybridized carbons (Fsp3) is 0.211. The van der Waals surface area contributed by atoms with Crippen molar-refractivity contribution in [3.05, 3.63) is 53.9 Å². The molecule has 4 rings (SSSR count). The first kappa shape index (κ1) is 15.4. The van der Waals surface area contributed by atoms with Crippen LogP contribution in [-0.4, -0.2) is 32.9 Å². The molecule has 25 heavy (non-hydrogen) atoms. The maximum absolute atomic E-state index is 11.8. The molecule has 6 nitrogen and oxygen atoms in total. The maximum atomic E-state index is 11.8.